The van der Waals surface area contributed by atoms with Gasteiger partial charge in [0.2, 0.25) is 0 Å². The van der Waals surface area contributed by atoms with Crippen LogP contribution in [0.25, 0.3) is 0 Å². The molecular weight excluding hydrogens is 323 g/mol. The number of nitrogens with zero attached hydrogens (tertiary/aromatic N) is 1. The fraction of sp³-hybridized carbons (Fsp3) is 0.188. The minimum absolute atomic E-state index is 0.0137. The van der Waals surface area contributed by atoms with Crippen LogP contribution in [0.1, 0.15) is 21.6 Å². The van der Waals surface area contributed by atoms with Crippen molar-refractivity contribution in [2.24, 2.45) is 0 Å². The van der Waals surface area contributed by atoms with Crippen molar-refractivity contribution in [3.63, 3.8) is 0 Å². The van der Waals surface area contributed by atoms with Crippen molar-refractivity contribution in [1.29, 1.82) is 0 Å². The fourth-order valence-electron chi connectivity index (χ4n) is 1.99. The minimum Gasteiger partial charge on any atom is -0.452 e. The molecule has 0 aliphatic rings. The van der Waals surface area contributed by atoms with Gasteiger partial charge in [0.05, 0.1) is 11.3 Å². The topological polar surface area (TPSA) is 68.3 Å². The lowest BCUT2D eigenvalue weighted by Crippen LogP contribution is -2.22. The van der Waals surface area contributed by atoms with Crippen LogP contribution < -0.4 is 5.32 Å². The van der Waals surface area contributed by atoms with E-state index >= 15 is 0 Å². The fourth-order valence-corrected chi connectivity index (χ4v) is 2.35. The van der Waals surface area contributed by atoms with Gasteiger partial charge in [-0.25, -0.2) is 14.2 Å². The maximum atomic E-state index is 13.4. The standard InChI is InChI=1S/C16H14ClFN2O3/c1-9-7-10(2)19-15(17)14(9)16(22)23-8-13(21)20-12-6-4-3-5-11(12)18/h3-7H,8H2,1-2H3,(H,20,21). The zero-order valence-electron chi connectivity index (χ0n) is 12.5. The summed E-state index contributed by atoms with van der Waals surface area (Å²) < 4.78 is 18.3. The third-order valence-corrected chi connectivity index (χ3v) is 3.26. The van der Waals surface area contributed by atoms with E-state index < -0.39 is 24.3 Å². The lowest BCUT2D eigenvalue weighted by atomic mass is 10.1. The van der Waals surface area contributed by atoms with E-state index in [1.165, 1.54) is 18.2 Å². The van der Waals surface area contributed by atoms with Crippen molar-refractivity contribution in [3.8, 4) is 0 Å². The molecule has 0 saturated carbocycles. The van der Waals surface area contributed by atoms with Crippen LogP contribution in [0.2, 0.25) is 5.15 Å². The van der Waals surface area contributed by atoms with Gasteiger partial charge >= 0.3 is 5.97 Å². The van der Waals surface area contributed by atoms with E-state index in [2.05, 4.69) is 10.3 Å². The number of halogens is 2. The first-order valence-electron chi connectivity index (χ1n) is 6.73. The first-order chi connectivity index (χ1) is 10.9. The summed E-state index contributed by atoms with van der Waals surface area (Å²) in [5, 5.41) is 2.33. The van der Waals surface area contributed by atoms with Gasteiger partial charge in [0, 0.05) is 5.69 Å². The number of hydrogen-bond acceptors (Lipinski definition) is 4. The number of esters is 1. The van der Waals surface area contributed by atoms with Crippen LogP contribution in [-0.2, 0) is 9.53 Å². The van der Waals surface area contributed by atoms with Gasteiger partial charge in [0.25, 0.3) is 5.91 Å². The number of anilines is 1. The number of pyridine rings is 1. The molecule has 1 aromatic heterocycles. The predicted molar refractivity (Wildman–Crippen MR) is 84.0 cm³/mol. The molecule has 0 fully saturated rings. The van der Waals surface area contributed by atoms with Crippen LogP contribution >= 0.6 is 11.6 Å². The number of ether oxygens (including phenoxy) is 1. The monoisotopic (exact) mass is 336 g/mol. The lowest BCUT2D eigenvalue weighted by molar-refractivity contribution is -0.119. The van der Waals surface area contributed by atoms with Gasteiger partial charge in [0.1, 0.15) is 11.0 Å². The van der Waals surface area contributed by atoms with Crippen molar-refractivity contribution in [1.82, 2.24) is 4.98 Å². The van der Waals surface area contributed by atoms with Gasteiger partial charge in [0.15, 0.2) is 6.61 Å². The molecule has 120 valence electrons. The molecule has 0 unspecified atom stereocenters. The third-order valence-electron chi connectivity index (χ3n) is 2.99. The Kier molecular flexibility index (Phi) is 5.28. The summed E-state index contributed by atoms with van der Waals surface area (Å²) >= 11 is 5.93. The van der Waals surface area contributed by atoms with Gasteiger partial charge in [-0.15, -0.1) is 0 Å². The molecule has 2 aromatic rings. The van der Waals surface area contributed by atoms with E-state index in [0.717, 1.165) is 0 Å². The van der Waals surface area contributed by atoms with Crippen molar-refractivity contribution in [2.45, 2.75) is 13.8 Å². The van der Waals surface area contributed by atoms with Crippen LogP contribution in [0.15, 0.2) is 30.3 Å². The highest BCUT2D eigenvalue weighted by Crippen LogP contribution is 2.19. The van der Waals surface area contributed by atoms with Crippen molar-refractivity contribution < 1.29 is 18.7 Å². The molecule has 0 atom stereocenters. The average Bonchev–Trinajstić information content (AvgIpc) is 2.46. The number of para-hydroxylation sites is 1. The quantitative estimate of drug-likeness (QED) is 0.687. The summed E-state index contributed by atoms with van der Waals surface area (Å²) in [6, 6.07) is 7.37. The Labute approximate surface area is 137 Å². The summed E-state index contributed by atoms with van der Waals surface area (Å²) in [6.45, 7) is 2.88. The summed E-state index contributed by atoms with van der Waals surface area (Å²) in [6.07, 6.45) is 0. The molecule has 0 saturated heterocycles. The second kappa shape index (κ2) is 7.19. The molecular formula is C16H14ClFN2O3. The van der Waals surface area contributed by atoms with Crippen molar-refractivity contribution >= 4 is 29.2 Å². The summed E-state index contributed by atoms with van der Waals surface area (Å²) in [7, 11) is 0. The third kappa shape index (κ3) is 4.26. The van der Waals surface area contributed by atoms with E-state index in [4.69, 9.17) is 16.3 Å². The zero-order valence-corrected chi connectivity index (χ0v) is 13.3. The van der Waals surface area contributed by atoms with E-state index in [0.29, 0.717) is 11.3 Å². The molecule has 0 spiro atoms. The first-order valence-corrected chi connectivity index (χ1v) is 7.11. The number of nitrogens with one attached hydrogen (secondary N) is 1. The average molecular weight is 337 g/mol. The molecule has 2 rings (SSSR count). The zero-order chi connectivity index (χ0) is 17.0. The molecule has 1 aromatic carbocycles. The van der Waals surface area contributed by atoms with E-state index in [1.54, 1.807) is 26.0 Å². The predicted octanol–water partition coefficient (Wildman–Crippen LogP) is 3.29. The van der Waals surface area contributed by atoms with Gasteiger partial charge in [-0.05, 0) is 37.6 Å². The Balaban J connectivity index is 2.00. The van der Waals surface area contributed by atoms with Crippen molar-refractivity contribution in [2.75, 3.05) is 11.9 Å². The Bertz CT molecular complexity index is 742. The number of amides is 1. The molecule has 1 amide bonds. The molecule has 23 heavy (non-hydrogen) atoms. The summed E-state index contributed by atoms with van der Waals surface area (Å²) in [5.74, 6) is -1.99. The number of aryl methyl sites for hydroxylation is 2. The van der Waals surface area contributed by atoms with Crippen LogP contribution in [0.3, 0.4) is 0 Å². The highest BCUT2D eigenvalue weighted by atomic mass is 35.5. The Morgan fingerprint density at radius 1 is 1.30 bits per heavy atom. The maximum absolute atomic E-state index is 13.4. The number of benzene rings is 1. The largest absolute Gasteiger partial charge is 0.452 e. The highest BCUT2D eigenvalue weighted by molar-refractivity contribution is 6.32. The number of hydrogen-bond donors (Lipinski definition) is 1. The van der Waals surface area contributed by atoms with Gasteiger partial charge < -0.3 is 10.1 Å². The number of carbonyl (C=O) groups is 2. The lowest BCUT2D eigenvalue weighted by Gasteiger charge is -2.10. The molecule has 0 radical (unpaired) electrons. The summed E-state index contributed by atoms with van der Waals surface area (Å²) in [5.41, 5.74) is 1.39. The Morgan fingerprint density at radius 2 is 2.00 bits per heavy atom. The van der Waals surface area contributed by atoms with Crippen LogP contribution in [0.4, 0.5) is 10.1 Å². The first kappa shape index (κ1) is 16.9. The molecule has 7 heteroatoms. The number of carbonyl (C=O) groups excluding carboxylic acids is 2. The molecule has 1 N–H and O–H groups in total. The SMILES string of the molecule is Cc1cc(C)c(C(=O)OCC(=O)Nc2ccccc2F)c(Cl)n1. The second-order valence-electron chi connectivity index (χ2n) is 4.85. The van der Waals surface area contributed by atoms with E-state index in [-0.39, 0.29) is 16.4 Å². The minimum atomic E-state index is -0.760. The smallest absolute Gasteiger partial charge is 0.342 e. The molecule has 1 heterocycles. The van der Waals surface area contributed by atoms with E-state index in [1.807, 2.05) is 0 Å². The molecule has 0 bridgehead atoms. The van der Waals surface area contributed by atoms with Gasteiger partial charge in [-0.1, -0.05) is 23.7 Å². The molecule has 5 nitrogen and oxygen atoms in total. The second-order valence-corrected chi connectivity index (χ2v) is 5.21. The van der Waals surface area contributed by atoms with E-state index in [9.17, 15) is 14.0 Å². The normalized spacial score (nSPS) is 10.3. The Morgan fingerprint density at radius 3 is 2.65 bits per heavy atom. The highest BCUT2D eigenvalue weighted by Gasteiger charge is 2.18. The Hall–Kier alpha value is -2.47. The number of aromatic nitrogens is 1. The number of rotatable bonds is 4. The maximum Gasteiger partial charge on any atom is 0.342 e. The van der Waals surface area contributed by atoms with Crippen molar-refractivity contribution in [3.05, 3.63) is 58.1 Å². The van der Waals surface area contributed by atoms with Gasteiger partial charge in [-0.2, -0.15) is 0 Å². The molecule has 0 aliphatic carbocycles. The van der Waals surface area contributed by atoms with Crippen LogP contribution in [0.5, 0.6) is 0 Å². The molecule has 0 aliphatic heterocycles. The van der Waals surface area contributed by atoms with Gasteiger partial charge in [-0.3, -0.25) is 4.79 Å². The summed E-state index contributed by atoms with van der Waals surface area (Å²) in [4.78, 5) is 27.7. The van der Waals surface area contributed by atoms with Crippen LogP contribution in [0, 0.1) is 19.7 Å². The van der Waals surface area contributed by atoms with Crippen LogP contribution in [-0.4, -0.2) is 23.5 Å².